The minimum Gasteiger partial charge on any atom is -0.478 e. The number of aryl methyl sites for hydroxylation is 1. The van der Waals surface area contributed by atoms with Crippen molar-refractivity contribution in [2.24, 2.45) is 0 Å². The minimum atomic E-state index is 0.653. The molecule has 0 unspecified atom stereocenters. The van der Waals surface area contributed by atoms with Gasteiger partial charge in [0.15, 0.2) is 0 Å². The van der Waals surface area contributed by atoms with Gasteiger partial charge in [0.05, 0.1) is 6.61 Å². The number of nitrogens with zero attached hydrogens (tertiary/aromatic N) is 1. The van der Waals surface area contributed by atoms with Crippen LogP contribution in [0.3, 0.4) is 0 Å². The van der Waals surface area contributed by atoms with E-state index in [1.54, 1.807) is 6.20 Å². The van der Waals surface area contributed by atoms with Crippen molar-refractivity contribution in [3.05, 3.63) is 36.0 Å². The molecule has 2 nitrogen and oxygen atoms in total. The predicted octanol–water partition coefficient (Wildman–Crippen LogP) is 2.94. The van der Waals surface area contributed by atoms with Gasteiger partial charge in [-0.2, -0.15) is 0 Å². The Balaban J connectivity index is 2.68. The summed E-state index contributed by atoms with van der Waals surface area (Å²) in [4.78, 5) is 4.22. The van der Waals surface area contributed by atoms with Gasteiger partial charge in [-0.3, -0.25) is 0 Å². The van der Waals surface area contributed by atoms with Crippen molar-refractivity contribution in [3.63, 3.8) is 0 Å². The molecule has 0 saturated carbocycles. The first-order chi connectivity index (χ1) is 6.83. The van der Waals surface area contributed by atoms with Crippen molar-refractivity contribution in [1.82, 2.24) is 4.98 Å². The number of benzene rings is 1. The van der Waals surface area contributed by atoms with E-state index >= 15 is 0 Å². The Morgan fingerprint density at radius 3 is 2.86 bits per heavy atom. The van der Waals surface area contributed by atoms with Gasteiger partial charge < -0.3 is 4.74 Å². The maximum Gasteiger partial charge on any atom is 0.221 e. The Bertz CT molecular complexity index is 451. The monoisotopic (exact) mass is 187 g/mol. The molecule has 0 atom stereocenters. The van der Waals surface area contributed by atoms with Gasteiger partial charge in [0, 0.05) is 11.6 Å². The highest BCUT2D eigenvalue weighted by Gasteiger charge is 2.03. The van der Waals surface area contributed by atoms with Crippen LogP contribution in [-0.2, 0) is 0 Å². The molecule has 0 aliphatic heterocycles. The summed E-state index contributed by atoms with van der Waals surface area (Å²) in [6.45, 7) is 4.72. The normalized spacial score (nSPS) is 10.4. The van der Waals surface area contributed by atoms with Crippen LogP contribution < -0.4 is 4.74 Å². The zero-order chi connectivity index (χ0) is 9.97. The maximum absolute atomic E-state index is 5.46. The zero-order valence-electron chi connectivity index (χ0n) is 8.45. The Morgan fingerprint density at radius 1 is 1.21 bits per heavy atom. The van der Waals surface area contributed by atoms with E-state index in [1.165, 1.54) is 10.9 Å². The third kappa shape index (κ3) is 1.43. The van der Waals surface area contributed by atoms with Crippen molar-refractivity contribution in [1.29, 1.82) is 0 Å². The third-order valence-electron chi connectivity index (χ3n) is 2.27. The minimum absolute atomic E-state index is 0.653. The number of hydrogen-bond donors (Lipinski definition) is 0. The average molecular weight is 187 g/mol. The Kier molecular flexibility index (Phi) is 2.35. The van der Waals surface area contributed by atoms with Gasteiger partial charge in [0.25, 0.3) is 0 Å². The smallest absolute Gasteiger partial charge is 0.221 e. The lowest BCUT2D eigenvalue weighted by Gasteiger charge is -2.07. The molecule has 2 rings (SSSR count). The van der Waals surface area contributed by atoms with Gasteiger partial charge in [-0.1, -0.05) is 12.1 Å². The van der Waals surface area contributed by atoms with Crippen LogP contribution in [0.2, 0.25) is 0 Å². The Morgan fingerprint density at radius 2 is 2.07 bits per heavy atom. The molecule has 1 aromatic carbocycles. The van der Waals surface area contributed by atoms with E-state index in [-0.39, 0.29) is 0 Å². The number of aromatic nitrogens is 1. The van der Waals surface area contributed by atoms with E-state index < -0.39 is 0 Å². The molecule has 0 spiro atoms. The second kappa shape index (κ2) is 3.66. The SMILES string of the molecule is CCOc1nccc2c(C)cccc12. The number of ether oxygens (including phenoxy) is 1. The Hall–Kier alpha value is -1.57. The first-order valence-corrected chi connectivity index (χ1v) is 4.80. The van der Waals surface area contributed by atoms with Gasteiger partial charge in [0.2, 0.25) is 5.88 Å². The topological polar surface area (TPSA) is 22.1 Å². The van der Waals surface area contributed by atoms with Crippen LogP contribution in [0.4, 0.5) is 0 Å². The van der Waals surface area contributed by atoms with Gasteiger partial charge in [-0.05, 0) is 36.9 Å². The third-order valence-corrected chi connectivity index (χ3v) is 2.27. The van der Waals surface area contributed by atoms with Crippen LogP contribution in [0.25, 0.3) is 10.8 Å². The molecule has 0 radical (unpaired) electrons. The first-order valence-electron chi connectivity index (χ1n) is 4.80. The maximum atomic E-state index is 5.46. The molecular weight excluding hydrogens is 174 g/mol. The first kappa shape index (κ1) is 9.00. The second-order valence-electron chi connectivity index (χ2n) is 3.22. The fourth-order valence-electron chi connectivity index (χ4n) is 1.59. The van der Waals surface area contributed by atoms with Crippen molar-refractivity contribution >= 4 is 10.8 Å². The summed E-state index contributed by atoms with van der Waals surface area (Å²) in [6, 6.07) is 8.19. The highest BCUT2D eigenvalue weighted by Crippen LogP contribution is 2.24. The largest absolute Gasteiger partial charge is 0.478 e. The highest BCUT2D eigenvalue weighted by atomic mass is 16.5. The van der Waals surface area contributed by atoms with Crippen LogP contribution in [0, 0.1) is 6.92 Å². The number of fused-ring (bicyclic) bond motifs is 1. The molecule has 0 aliphatic rings. The van der Waals surface area contributed by atoms with Crippen LogP contribution in [0.15, 0.2) is 30.5 Å². The van der Waals surface area contributed by atoms with E-state index in [0.29, 0.717) is 6.61 Å². The van der Waals surface area contributed by atoms with Gasteiger partial charge in [-0.15, -0.1) is 0 Å². The summed E-state index contributed by atoms with van der Waals surface area (Å²) < 4.78 is 5.46. The number of hydrogen-bond acceptors (Lipinski definition) is 2. The summed E-state index contributed by atoms with van der Waals surface area (Å²) >= 11 is 0. The summed E-state index contributed by atoms with van der Waals surface area (Å²) in [5.74, 6) is 0.730. The van der Waals surface area contributed by atoms with Gasteiger partial charge >= 0.3 is 0 Å². The fraction of sp³-hybridized carbons (Fsp3) is 0.250. The fourth-order valence-corrected chi connectivity index (χ4v) is 1.59. The molecule has 72 valence electrons. The average Bonchev–Trinajstić information content (AvgIpc) is 2.20. The lowest BCUT2D eigenvalue weighted by Crippen LogP contribution is -1.95. The zero-order valence-corrected chi connectivity index (χ0v) is 8.45. The molecule has 1 aromatic heterocycles. The summed E-state index contributed by atoms with van der Waals surface area (Å²) in [5, 5.41) is 2.31. The molecule has 0 aliphatic carbocycles. The predicted molar refractivity (Wildman–Crippen MR) is 57.6 cm³/mol. The quantitative estimate of drug-likeness (QED) is 0.721. The second-order valence-corrected chi connectivity index (χ2v) is 3.22. The molecule has 0 fully saturated rings. The van der Waals surface area contributed by atoms with E-state index in [1.807, 2.05) is 25.1 Å². The lowest BCUT2D eigenvalue weighted by molar-refractivity contribution is 0.331. The van der Waals surface area contributed by atoms with Crippen LogP contribution in [0.1, 0.15) is 12.5 Å². The molecule has 0 N–H and O–H groups in total. The molecule has 2 aromatic rings. The van der Waals surface area contributed by atoms with Gasteiger partial charge in [-0.25, -0.2) is 4.98 Å². The summed E-state index contributed by atoms with van der Waals surface area (Å²) in [5.41, 5.74) is 1.26. The van der Waals surface area contributed by atoms with E-state index in [2.05, 4.69) is 18.0 Å². The Labute approximate surface area is 83.5 Å². The molecular formula is C12H13NO. The van der Waals surface area contributed by atoms with Crippen LogP contribution in [-0.4, -0.2) is 11.6 Å². The molecule has 14 heavy (non-hydrogen) atoms. The standard InChI is InChI=1S/C12H13NO/c1-3-14-12-11-6-4-5-9(2)10(11)7-8-13-12/h4-8H,3H2,1-2H3. The van der Waals surface area contributed by atoms with Crippen molar-refractivity contribution in [2.45, 2.75) is 13.8 Å². The number of rotatable bonds is 2. The molecule has 0 bridgehead atoms. The number of pyridine rings is 1. The van der Waals surface area contributed by atoms with Crippen LogP contribution >= 0.6 is 0 Å². The van der Waals surface area contributed by atoms with E-state index in [9.17, 15) is 0 Å². The van der Waals surface area contributed by atoms with Gasteiger partial charge in [0.1, 0.15) is 0 Å². The lowest BCUT2D eigenvalue weighted by atomic mass is 10.1. The molecule has 1 heterocycles. The van der Waals surface area contributed by atoms with Crippen molar-refractivity contribution in [3.8, 4) is 5.88 Å². The molecule has 2 heteroatoms. The molecule has 0 amide bonds. The van der Waals surface area contributed by atoms with E-state index in [0.717, 1.165) is 11.3 Å². The van der Waals surface area contributed by atoms with E-state index in [4.69, 9.17) is 4.74 Å². The van der Waals surface area contributed by atoms with Crippen molar-refractivity contribution < 1.29 is 4.74 Å². The van der Waals surface area contributed by atoms with Crippen molar-refractivity contribution in [2.75, 3.05) is 6.61 Å². The highest BCUT2D eigenvalue weighted by molar-refractivity contribution is 5.89. The molecule has 0 saturated heterocycles. The summed E-state index contributed by atoms with van der Waals surface area (Å²) in [7, 11) is 0. The summed E-state index contributed by atoms with van der Waals surface area (Å²) in [6.07, 6.45) is 1.79. The van der Waals surface area contributed by atoms with Crippen LogP contribution in [0.5, 0.6) is 5.88 Å².